The van der Waals surface area contributed by atoms with Crippen molar-refractivity contribution in [3.63, 3.8) is 0 Å². The number of carbonyl (C=O) groups is 3. The fourth-order valence-corrected chi connectivity index (χ4v) is 8.07. The molecule has 3 heterocycles. The maximum atomic E-state index is 14.8. The van der Waals surface area contributed by atoms with Crippen LogP contribution in [0, 0.1) is 17.8 Å². The molecule has 1 aromatic rings. The molecule has 1 aromatic carbocycles. The van der Waals surface area contributed by atoms with Crippen molar-refractivity contribution in [3.8, 4) is 0 Å². The smallest absolute Gasteiger partial charge is 0.248 e. The fraction of sp³-hybridized carbons (Fsp3) is 0.629. The van der Waals surface area contributed by atoms with Gasteiger partial charge in [0.15, 0.2) is 0 Å². The molecule has 3 aliphatic rings. The van der Waals surface area contributed by atoms with Crippen LogP contribution in [0.4, 0.5) is 5.69 Å². The van der Waals surface area contributed by atoms with Gasteiger partial charge in [-0.3, -0.25) is 14.4 Å². The zero-order valence-electron chi connectivity index (χ0n) is 26.7. The molecule has 43 heavy (non-hydrogen) atoms. The molecule has 0 radical (unpaired) electrons. The quantitative estimate of drug-likeness (QED) is 0.290. The van der Waals surface area contributed by atoms with E-state index in [-0.39, 0.29) is 42.8 Å². The lowest BCUT2D eigenvalue weighted by atomic mass is 9.64. The Balaban J connectivity index is 1.89. The number of benzene rings is 1. The largest absolute Gasteiger partial charge is 0.394 e. The Bertz CT molecular complexity index is 1190. The molecule has 236 valence electrons. The van der Waals surface area contributed by atoms with Gasteiger partial charge in [0.2, 0.25) is 17.7 Å². The van der Waals surface area contributed by atoms with E-state index in [0.717, 1.165) is 24.9 Å². The molecule has 1 spiro atoms. The molecule has 3 amide bonds. The number of aliphatic hydroxyl groups excluding tert-OH is 1. The zero-order chi connectivity index (χ0) is 31.5. The molecule has 3 aliphatic heterocycles. The average molecular weight is 594 g/mol. The minimum atomic E-state index is -1.16. The maximum absolute atomic E-state index is 14.8. The maximum Gasteiger partial charge on any atom is 0.248 e. The topological polar surface area (TPSA) is 90.4 Å². The third-order valence-corrected chi connectivity index (χ3v) is 10.5. The van der Waals surface area contributed by atoms with Crippen molar-refractivity contribution in [2.75, 3.05) is 24.6 Å². The van der Waals surface area contributed by atoms with Crippen LogP contribution < -0.4 is 4.90 Å². The summed E-state index contributed by atoms with van der Waals surface area (Å²) >= 11 is 0. The second-order valence-corrected chi connectivity index (χ2v) is 12.7. The van der Waals surface area contributed by atoms with Crippen LogP contribution in [0.3, 0.4) is 0 Å². The monoisotopic (exact) mass is 593 g/mol. The molecule has 1 N–H and O–H groups in total. The lowest BCUT2D eigenvalue weighted by molar-refractivity contribution is -0.158. The van der Waals surface area contributed by atoms with Gasteiger partial charge in [0, 0.05) is 24.8 Å². The summed E-state index contributed by atoms with van der Waals surface area (Å²) in [5, 5.41) is 10.7. The summed E-state index contributed by atoms with van der Waals surface area (Å²) in [5.41, 5.74) is -1.30. The van der Waals surface area contributed by atoms with E-state index < -0.39 is 35.1 Å². The van der Waals surface area contributed by atoms with Crippen LogP contribution in [0.2, 0.25) is 0 Å². The van der Waals surface area contributed by atoms with Gasteiger partial charge in [-0.2, -0.15) is 0 Å². The molecule has 3 unspecified atom stereocenters. The van der Waals surface area contributed by atoms with Crippen molar-refractivity contribution in [2.45, 2.75) is 102 Å². The number of fused-ring (bicyclic) bond motifs is 1. The number of hydrogen-bond donors (Lipinski definition) is 1. The number of nitrogens with zero attached hydrogens (tertiary/aromatic N) is 3. The summed E-state index contributed by atoms with van der Waals surface area (Å²) in [6, 6.07) is 7.84. The molecule has 0 aromatic heterocycles. The highest BCUT2D eigenvalue weighted by molar-refractivity contribution is 6.03. The number of carbonyl (C=O) groups excluding carboxylic acids is 3. The molecule has 4 rings (SSSR count). The number of hydrogen-bond acceptors (Lipinski definition) is 5. The molecule has 8 nitrogen and oxygen atoms in total. The number of para-hydroxylation sites is 1. The zero-order valence-corrected chi connectivity index (χ0v) is 26.7. The highest BCUT2D eigenvalue weighted by Gasteiger charge is 2.79. The Kier molecular flexibility index (Phi) is 10.2. The van der Waals surface area contributed by atoms with Crippen molar-refractivity contribution in [2.24, 2.45) is 17.8 Å². The number of aliphatic hydroxyl groups is 1. The highest BCUT2D eigenvalue weighted by atomic mass is 16.5. The predicted octanol–water partition coefficient (Wildman–Crippen LogP) is 4.97. The van der Waals surface area contributed by atoms with E-state index >= 15 is 0 Å². The van der Waals surface area contributed by atoms with Gasteiger partial charge in [-0.25, -0.2) is 0 Å². The Morgan fingerprint density at radius 1 is 1.09 bits per heavy atom. The Labute approximate surface area is 257 Å². The Hall–Kier alpha value is -2.97. The number of rotatable bonds is 15. The van der Waals surface area contributed by atoms with E-state index in [0.29, 0.717) is 25.8 Å². The SMILES string of the molecule is C=CCN(C(=O)[C@H]1[C@H]2C(=O)N([C@@H](CO)[C@@H](C)CC)C(C(=O)N(CC=C)C(C)CCC)C23CC[C@]1(CC)O3)c1ccccc1. The number of ether oxygens (including phenoxy) is 1. The summed E-state index contributed by atoms with van der Waals surface area (Å²) < 4.78 is 7.04. The molecule has 0 saturated carbocycles. The van der Waals surface area contributed by atoms with E-state index in [1.165, 1.54) is 0 Å². The molecule has 2 bridgehead atoms. The normalized spacial score (nSPS) is 29.6. The van der Waals surface area contributed by atoms with Crippen LogP contribution in [0.15, 0.2) is 55.6 Å². The molecule has 8 heteroatoms. The molecular weight excluding hydrogens is 542 g/mol. The second-order valence-electron chi connectivity index (χ2n) is 12.7. The predicted molar refractivity (Wildman–Crippen MR) is 169 cm³/mol. The summed E-state index contributed by atoms with van der Waals surface area (Å²) in [5.74, 6) is -2.30. The van der Waals surface area contributed by atoms with Crippen molar-refractivity contribution >= 4 is 23.4 Å². The van der Waals surface area contributed by atoms with Gasteiger partial charge in [-0.05, 0) is 50.7 Å². The minimum absolute atomic E-state index is 0.0616. The van der Waals surface area contributed by atoms with E-state index in [1.807, 2.05) is 62.9 Å². The first-order chi connectivity index (χ1) is 20.6. The first-order valence-corrected chi connectivity index (χ1v) is 16.1. The van der Waals surface area contributed by atoms with Gasteiger partial charge in [0.25, 0.3) is 0 Å². The minimum Gasteiger partial charge on any atom is -0.394 e. The van der Waals surface area contributed by atoms with Crippen molar-refractivity contribution in [1.82, 2.24) is 9.80 Å². The van der Waals surface area contributed by atoms with Crippen LogP contribution in [0.5, 0.6) is 0 Å². The van der Waals surface area contributed by atoms with Crippen LogP contribution in [0.25, 0.3) is 0 Å². The van der Waals surface area contributed by atoms with Gasteiger partial charge in [-0.1, -0.05) is 70.9 Å². The van der Waals surface area contributed by atoms with Gasteiger partial charge in [-0.15, -0.1) is 13.2 Å². The van der Waals surface area contributed by atoms with Gasteiger partial charge in [0.1, 0.15) is 11.6 Å². The standard InChI is InChI=1S/C35H51N3O5/c1-8-16-25(7)36(21-9-2)33(42)30-35-20-19-34(12-5,43-35)28(29(35)32(41)38(30)27(23-39)24(6)11-4)31(40)37(22-10-3)26-17-14-13-15-18-26/h9-10,13-15,17-18,24-25,27-30,39H,2-3,8,11-12,16,19-23H2,1,4-7H3/t24-,25?,27-,28+,29-,30?,34-,35?/m0/s1. The molecular formula is C35H51N3O5. The lowest BCUT2D eigenvalue weighted by Crippen LogP contribution is -2.61. The highest BCUT2D eigenvalue weighted by Crippen LogP contribution is 2.65. The average Bonchev–Trinajstić information content (AvgIpc) is 3.62. The summed E-state index contributed by atoms with van der Waals surface area (Å²) in [7, 11) is 0. The molecule has 0 aliphatic carbocycles. The molecule has 3 fully saturated rings. The van der Waals surface area contributed by atoms with Gasteiger partial charge in [0.05, 0.1) is 30.1 Å². The van der Waals surface area contributed by atoms with Crippen LogP contribution >= 0.6 is 0 Å². The third kappa shape index (κ3) is 5.35. The number of amides is 3. The van der Waals surface area contributed by atoms with Gasteiger partial charge >= 0.3 is 0 Å². The van der Waals surface area contributed by atoms with Crippen LogP contribution in [0.1, 0.15) is 73.1 Å². The Morgan fingerprint density at radius 3 is 2.33 bits per heavy atom. The van der Waals surface area contributed by atoms with Gasteiger partial charge < -0.3 is 24.5 Å². The molecule has 8 atom stereocenters. The summed E-state index contributed by atoms with van der Waals surface area (Å²) in [4.78, 5) is 49.4. The third-order valence-electron chi connectivity index (χ3n) is 10.5. The fourth-order valence-electron chi connectivity index (χ4n) is 8.07. The summed E-state index contributed by atoms with van der Waals surface area (Å²) in [6.07, 6.45) is 7.47. The summed E-state index contributed by atoms with van der Waals surface area (Å²) in [6.45, 7) is 18.3. The first-order valence-electron chi connectivity index (χ1n) is 16.1. The van der Waals surface area contributed by atoms with Crippen molar-refractivity contribution in [3.05, 3.63) is 55.6 Å². The first kappa shape index (κ1) is 32.9. The second kappa shape index (κ2) is 13.3. The lowest BCUT2D eigenvalue weighted by Gasteiger charge is -2.42. The van der Waals surface area contributed by atoms with Crippen LogP contribution in [-0.4, -0.2) is 81.7 Å². The van der Waals surface area contributed by atoms with Crippen molar-refractivity contribution in [1.29, 1.82) is 0 Å². The van der Waals surface area contributed by atoms with E-state index in [1.54, 1.807) is 22.0 Å². The van der Waals surface area contributed by atoms with E-state index in [9.17, 15) is 19.5 Å². The number of anilines is 1. The van der Waals surface area contributed by atoms with E-state index in [2.05, 4.69) is 20.1 Å². The Morgan fingerprint density at radius 2 is 1.77 bits per heavy atom. The number of likely N-dealkylation sites (tertiary alicyclic amines) is 1. The van der Waals surface area contributed by atoms with E-state index in [4.69, 9.17) is 4.74 Å². The molecule has 3 saturated heterocycles. The van der Waals surface area contributed by atoms with Crippen LogP contribution in [-0.2, 0) is 19.1 Å². The van der Waals surface area contributed by atoms with Crippen molar-refractivity contribution < 1.29 is 24.2 Å².